The molecule has 130 valence electrons. The third-order valence-corrected chi connectivity index (χ3v) is 3.55. The molecule has 0 bridgehead atoms. The Kier molecular flexibility index (Phi) is 4.60. The average Bonchev–Trinajstić information content (AvgIpc) is 3.01. The molecule has 1 aromatic heterocycles. The molecule has 0 aliphatic carbocycles. The lowest BCUT2D eigenvalue weighted by Crippen LogP contribution is -2.05. The van der Waals surface area contributed by atoms with Crippen LogP contribution in [0.15, 0.2) is 30.3 Å². The number of halogens is 3. The molecule has 0 amide bonds. The monoisotopic (exact) mass is 349 g/mol. The number of hydrogen-bond acceptors (Lipinski definition) is 4. The Balaban J connectivity index is 1.78. The van der Waals surface area contributed by atoms with Gasteiger partial charge in [-0.15, -0.1) is 0 Å². The maximum atomic E-state index is 13.6. The van der Waals surface area contributed by atoms with E-state index in [-0.39, 0.29) is 18.7 Å². The van der Waals surface area contributed by atoms with Crippen LogP contribution in [0.5, 0.6) is 0 Å². The molecule has 0 radical (unpaired) electrons. The Morgan fingerprint density at radius 3 is 2.76 bits per heavy atom. The van der Waals surface area contributed by atoms with E-state index in [0.717, 1.165) is 12.1 Å². The van der Waals surface area contributed by atoms with Crippen LogP contribution in [0, 0.1) is 17.5 Å². The van der Waals surface area contributed by atoms with Gasteiger partial charge in [0, 0.05) is 12.1 Å². The fourth-order valence-corrected chi connectivity index (χ4v) is 2.32. The van der Waals surface area contributed by atoms with E-state index in [1.807, 2.05) is 0 Å². The number of aromatic amines is 1. The number of carbonyl (C=O) groups is 1. The van der Waals surface area contributed by atoms with Crippen LogP contribution >= 0.6 is 0 Å². The lowest BCUT2D eigenvalue weighted by molar-refractivity contribution is 0.0526. The minimum Gasteiger partial charge on any atom is -0.462 e. The van der Waals surface area contributed by atoms with Crippen molar-refractivity contribution in [2.75, 3.05) is 11.9 Å². The highest BCUT2D eigenvalue weighted by atomic mass is 19.2. The summed E-state index contributed by atoms with van der Waals surface area (Å²) in [5, 5.41) is 2.80. The van der Waals surface area contributed by atoms with Gasteiger partial charge in [-0.3, -0.25) is 0 Å². The maximum absolute atomic E-state index is 13.6. The van der Waals surface area contributed by atoms with Crippen molar-refractivity contribution in [3.8, 4) is 0 Å². The predicted molar refractivity (Wildman–Crippen MR) is 85.7 cm³/mol. The van der Waals surface area contributed by atoms with E-state index < -0.39 is 23.4 Å². The minimum absolute atomic E-state index is 0.0356. The van der Waals surface area contributed by atoms with E-state index in [0.29, 0.717) is 22.5 Å². The quantitative estimate of drug-likeness (QED) is 0.544. The summed E-state index contributed by atoms with van der Waals surface area (Å²) in [7, 11) is 0. The fraction of sp³-hybridized carbons (Fsp3) is 0.176. The zero-order valence-electron chi connectivity index (χ0n) is 13.2. The van der Waals surface area contributed by atoms with Gasteiger partial charge >= 0.3 is 5.97 Å². The third kappa shape index (κ3) is 3.42. The van der Waals surface area contributed by atoms with Crippen LogP contribution < -0.4 is 5.32 Å². The molecule has 3 aromatic rings. The van der Waals surface area contributed by atoms with E-state index in [9.17, 15) is 18.0 Å². The first kappa shape index (κ1) is 16.8. The number of ether oxygens (including phenoxy) is 1. The number of fused-ring (bicyclic) bond motifs is 1. The van der Waals surface area contributed by atoms with Crippen LogP contribution in [0.1, 0.15) is 22.8 Å². The highest BCUT2D eigenvalue weighted by molar-refractivity contribution is 5.94. The first-order valence-electron chi connectivity index (χ1n) is 7.52. The van der Waals surface area contributed by atoms with E-state index in [1.165, 1.54) is 0 Å². The summed E-state index contributed by atoms with van der Waals surface area (Å²) >= 11 is 0. The Hall–Kier alpha value is -3.03. The molecule has 0 unspecified atom stereocenters. The fourth-order valence-electron chi connectivity index (χ4n) is 2.32. The van der Waals surface area contributed by atoms with Crippen molar-refractivity contribution in [2.45, 2.75) is 13.5 Å². The number of anilines is 1. The number of hydrogen-bond donors (Lipinski definition) is 2. The first-order chi connectivity index (χ1) is 12.0. The topological polar surface area (TPSA) is 67.0 Å². The Morgan fingerprint density at radius 2 is 2.00 bits per heavy atom. The molecular formula is C17H14F3N3O2. The number of benzene rings is 2. The second-order valence-corrected chi connectivity index (χ2v) is 5.23. The first-order valence-corrected chi connectivity index (χ1v) is 7.52. The maximum Gasteiger partial charge on any atom is 0.338 e. The summed E-state index contributed by atoms with van der Waals surface area (Å²) in [6.45, 7) is 1.89. The third-order valence-electron chi connectivity index (χ3n) is 3.55. The van der Waals surface area contributed by atoms with Gasteiger partial charge in [-0.1, -0.05) is 6.07 Å². The van der Waals surface area contributed by atoms with Crippen LogP contribution in [-0.4, -0.2) is 22.5 Å². The molecule has 1 heterocycles. The number of imidazole rings is 1. The molecule has 2 N–H and O–H groups in total. The van der Waals surface area contributed by atoms with E-state index in [4.69, 9.17) is 4.74 Å². The van der Waals surface area contributed by atoms with Crippen molar-refractivity contribution in [3.05, 3.63) is 58.9 Å². The molecule has 0 saturated heterocycles. The van der Waals surface area contributed by atoms with Crippen molar-refractivity contribution < 1.29 is 22.7 Å². The zero-order chi connectivity index (χ0) is 18.0. The molecule has 0 fully saturated rings. The lowest BCUT2D eigenvalue weighted by Gasteiger charge is -2.05. The predicted octanol–water partition coefficient (Wildman–Crippen LogP) is 3.77. The Morgan fingerprint density at radius 1 is 1.20 bits per heavy atom. The van der Waals surface area contributed by atoms with Crippen molar-refractivity contribution in [1.29, 1.82) is 0 Å². The van der Waals surface area contributed by atoms with Gasteiger partial charge < -0.3 is 15.0 Å². The van der Waals surface area contributed by atoms with Gasteiger partial charge in [0.1, 0.15) is 0 Å². The minimum atomic E-state index is -1.51. The molecule has 25 heavy (non-hydrogen) atoms. The van der Waals surface area contributed by atoms with Crippen LogP contribution in [0.2, 0.25) is 0 Å². The van der Waals surface area contributed by atoms with Gasteiger partial charge in [-0.05, 0) is 31.2 Å². The summed E-state index contributed by atoms with van der Waals surface area (Å²) in [4.78, 5) is 18.9. The van der Waals surface area contributed by atoms with E-state index in [2.05, 4.69) is 15.3 Å². The second-order valence-electron chi connectivity index (χ2n) is 5.23. The van der Waals surface area contributed by atoms with Gasteiger partial charge in [-0.25, -0.2) is 22.9 Å². The molecule has 0 atom stereocenters. The molecule has 0 aliphatic heterocycles. The molecule has 0 saturated carbocycles. The summed E-state index contributed by atoms with van der Waals surface area (Å²) in [6.07, 6.45) is 0. The Bertz CT molecular complexity index is 940. The van der Waals surface area contributed by atoms with Crippen molar-refractivity contribution in [1.82, 2.24) is 9.97 Å². The van der Waals surface area contributed by atoms with Gasteiger partial charge in [0.25, 0.3) is 0 Å². The summed E-state index contributed by atoms with van der Waals surface area (Å²) < 4.78 is 44.7. The SMILES string of the molecule is CCOC(=O)c1ccc2nc(NCc3ccc(F)c(F)c3F)[nH]c2c1. The number of H-pyrrole nitrogens is 1. The molecule has 5 nitrogen and oxygen atoms in total. The normalized spacial score (nSPS) is 10.9. The summed E-state index contributed by atoms with van der Waals surface area (Å²) in [5.41, 5.74) is 1.50. The molecular weight excluding hydrogens is 335 g/mol. The van der Waals surface area contributed by atoms with Crippen LogP contribution in [-0.2, 0) is 11.3 Å². The average molecular weight is 349 g/mol. The number of nitrogens with one attached hydrogen (secondary N) is 2. The zero-order valence-corrected chi connectivity index (χ0v) is 13.2. The highest BCUT2D eigenvalue weighted by Crippen LogP contribution is 2.19. The lowest BCUT2D eigenvalue weighted by atomic mass is 10.2. The van der Waals surface area contributed by atoms with Gasteiger partial charge in [0.2, 0.25) is 5.95 Å². The van der Waals surface area contributed by atoms with Gasteiger partial charge in [0.15, 0.2) is 17.5 Å². The number of nitrogens with zero attached hydrogens (tertiary/aromatic N) is 1. The number of esters is 1. The summed E-state index contributed by atoms with van der Waals surface area (Å²) in [5.74, 6) is -4.13. The van der Waals surface area contributed by atoms with E-state index in [1.54, 1.807) is 25.1 Å². The molecule has 3 rings (SSSR count). The van der Waals surface area contributed by atoms with Gasteiger partial charge in [0.05, 0.1) is 23.2 Å². The second kappa shape index (κ2) is 6.84. The molecule has 8 heteroatoms. The van der Waals surface area contributed by atoms with Crippen molar-refractivity contribution in [3.63, 3.8) is 0 Å². The largest absolute Gasteiger partial charge is 0.462 e. The number of carbonyl (C=O) groups excluding carboxylic acids is 1. The molecule has 0 aliphatic rings. The Labute approximate surface area is 140 Å². The van der Waals surface area contributed by atoms with Crippen LogP contribution in [0.3, 0.4) is 0 Å². The molecule has 0 spiro atoms. The van der Waals surface area contributed by atoms with Crippen LogP contribution in [0.4, 0.5) is 19.1 Å². The van der Waals surface area contributed by atoms with Gasteiger partial charge in [-0.2, -0.15) is 0 Å². The van der Waals surface area contributed by atoms with Crippen molar-refractivity contribution >= 4 is 23.0 Å². The van der Waals surface area contributed by atoms with E-state index >= 15 is 0 Å². The number of rotatable bonds is 5. The number of aromatic nitrogens is 2. The molecule has 2 aromatic carbocycles. The highest BCUT2D eigenvalue weighted by Gasteiger charge is 2.14. The van der Waals surface area contributed by atoms with Crippen molar-refractivity contribution in [2.24, 2.45) is 0 Å². The van der Waals surface area contributed by atoms with Crippen LogP contribution in [0.25, 0.3) is 11.0 Å². The smallest absolute Gasteiger partial charge is 0.338 e. The summed E-state index contributed by atoms with van der Waals surface area (Å²) in [6, 6.07) is 6.83. The standard InChI is InChI=1S/C17H14F3N3O2/c1-2-25-16(24)9-4-6-12-13(7-9)23-17(22-12)21-8-10-3-5-11(18)15(20)14(10)19/h3-7H,2,8H2,1H3,(H2,21,22,23).